The molecule has 1 fully saturated rings. The highest BCUT2D eigenvalue weighted by Gasteiger charge is 2.34. The third-order valence-electron chi connectivity index (χ3n) is 7.60. The highest BCUT2D eigenvalue weighted by Crippen LogP contribution is 2.36. The normalized spacial score (nSPS) is 15.7. The van der Waals surface area contributed by atoms with Gasteiger partial charge in [-0.3, -0.25) is 9.69 Å². The van der Waals surface area contributed by atoms with E-state index in [-0.39, 0.29) is 10.8 Å². The standard InChI is InChI=1S/C33H42N4O3S3/c1-5-9-14-25(8-4)23-36-32(38)30(42-33(36)41)22-27-24-37(28-16-11-10-12-17-28)34-31(27)26-15-13-18-29(21-26)43(39,40)35(19-6-2)20-7-3/h10-13,15-18,21-22,24-25H,5-9,14,19-20,23H2,1-4H3/b30-22-. The Morgan fingerprint density at radius 3 is 2.37 bits per heavy atom. The molecule has 1 amide bonds. The Morgan fingerprint density at radius 2 is 1.72 bits per heavy atom. The molecule has 0 bridgehead atoms. The van der Waals surface area contributed by atoms with Gasteiger partial charge in [-0.1, -0.05) is 101 Å². The van der Waals surface area contributed by atoms with E-state index in [2.05, 4.69) is 13.8 Å². The van der Waals surface area contributed by atoms with Crippen molar-refractivity contribution in [2.24, 2.45) is 5.92 Å². The van der Waals surface area contributed by atoms with E-state index in [4.69, 9.17) is 17.3 Å². The second kappa shape index (κ2) is 15.3. The van der Waals surface area contributed by atoms with Crippen LogP contribution in [0.25, 0.3) is 23.0 Å². The van der Waals surface area contributed by atoms with Crippen molar-refractivity contribution in [2.75, 3.05) is 19.6 Å². The maximum Gasteiger partial charge on any atom is 0.266 e. The molecule has 3 aromatic rings. The Morgan fingerprint density at radius 1 is 1.00 bits per heavy atom. The van der Waals surface area contributed by atoms with Gasteiger partial charge < -0.3 is 0 Å². The molecule has 1 aliphatic rings. The number of sulfonamides is 1. The summed E-state index contributed by atoms with van der Waals surface area (Å²) in [6.45, 7) is 9.86. The molecular weight excluding hydrogens is 597 g/mol. The molecule has 0 aliphatic carbocycles. The summed E-state index contributed by atoms with van der Waals surface area (Å²) in [5.74, 6) is 0.317. The molecular formula is C33H42N4O3S3. The number of thioether (sulfide) groups is 1. The first kappa shape index (κ1) is 33.1. The number of para-hydroxylation sites is 1. The van der Waals surface area contributed by atoms with Gasteiger partial charge in [-0.25, -0.2) is 13.1 Å². The van der Waals surface area contributed by atoms with Crippen molar-refractivity contribution in [1.29, 1.82) is 0 Å². The molecule has 0 spiro atoms. The van der Waals surface area contributed by atoms with Crippen molar-refractivity contribution in [3.8, 4) is 16.9 Å². The number of benzene rings is 2. The van der Waals surface area contributed by atoms with Gasteiger partial charge in [-0.05, 0) is 55.5 Å². The van der Waals surface area contributed by atoms with Crippen LogP contribution in [-0.4, -0.2) is 57.3 Å². The fourth-order valence-corrected chi connectivity index (χ4v) is 8.14. The van der Waals surface area contributed by atoms with Crippen LogP contribution in [0.5, 0.6) is 0 Å². The predicted molar refractivity (Wildman–Crippen MR) is 182 cm³/mol. The van der Waals surface area contributed by atoms with Crippen LogP contribution in [0.15, 0.2) is 70.6 Å². The van der Waals surface area contributed by atoms with Crippen molar-refractivity contribution in [3.63, 3.8) is 0 Å². The number of carbonyl (C=O) groups excluding carboxylic acids is 1. The highest BCUT2D eigenvalue weighted by molar-refractivity contribution is 8.26. The maximum absolute atomic E-state index is 13.6. The Kier molecular flexibility index (Phi) is 11.8. The van der Waals surface area contributed by atoms with Gasteiger partial charge in [0.05, 0.1) is 15.5 Å². The Bertz CT molecular complexity index is 1540. The molecule has 0 radical (unpaired) electrons. The quantitative estimate of drug-likeness (QED) is 0.125. The molecule has 2 aromatic carbocycles. The molecule has 1 aliphatic heterocycles. The topological polar surface area (TPSA) is 75.5 Å². The second-order valence-corrected chi connectivity index (χ2v) is 14.5. The van der Waals surface area contributed by atoms with Crippen molar-refractivity contribution >= 4 is 50.3 Å². The zero-order valence-corrected chi connectivity index (χ0v) is 28.0. The smallest absolute Gasteiger partial charge is 0.266 e. The lowest BCUT2D eigenvalue weighted by Crippen LogP contribution is -2.33. The Hall–Kier alpha value is -2.79. The number of unbranched alkanes of at least 4 members (excludes halogenated alkanes) is 1. The summed E-state index contributed by atoms with van der Waals surface area (Å²) >= 11 is 6.97. The number of hydrogen-bond acceptors (Lipinski definition) is 6. The number of hydrogen-bond donors (Lipinski definition) is 0. The Labute approximate surface area is 266 Å². The third-order valence-corrected chi connectivity index (χ3v) is 10.9. The van der Waals surface area contributed by atoms with E-state index in [1.165, 1.54) is 11.8 Å². The number of rotatable bonds is 15. The molecule has 10 heteroatoms. The summed E-state index contributed by atoms with van der Waals surface area (Å²) in [7, 11) is -3.68. The number of amides is 1. The average molecular weight is 639 g/mol. The highest BCUT2D eigenvalue weighted by atomic mass is 32.2. The Balaban J connectivity index is 1.75. The summed E-state index contributed by atoms with van der Waals surface area (Å²) in [4.78, 5) is 16.1. The SMILES string of the molecule is CCCCC(CC)CN1C(=O)/C(=C/c2cn(-c3ccccc3)nc2-c2cccc(S(=O)(=O)N(CCC)CCC)c2)SC1=S. The summed E-state index contributed by atoms with van der Waals surface area (Å²) in [6.07, 6.45) is 9.53. The van der Waals surface area contributed by atoms with Crippen LogP contribution in [-0.2, 0) is 14.8 Å². The summed E-state index contributed by atoms with van der Waals surface area (Å²) in [5.41, 5.74) is 2.84. The largest absolute Gasteiger partial charge is 0.293 e. The van der Waals surface area contributed by atoms with Gasteiger partial charge in [-0.15, -0.1) is 0 Å². The third kappa shape index (κ3) is 7.84. The fraction of sp³-hybridized carbons (Fsp3) is 0.424. The van der Waals surface area contributed by atoms with Gasteiger partial charge in [0.15, 0.2) is 0 Å². The van der Waals surface area contributed by atoms with Crippen molar-refractivity contribution in [1.82, 2.24) is 19.0 Å². The number of carbonyl (C=O) groups is 1. The van der Waals surface area contributed by atoms with Gasteiger partial charge in [0, 0.05) is 37.0 Å². The van der Waals surface area contributed by atoms with Crippen LogP contribution >= 0.6 is 24.0 Å². The van der Waals surface area contributed by atoms with Crippen LogP contribution in [0.3, 0.4) is 0 Å². The van der Waals surface area contributed by atoms with Gasteiger partial charge in [-0.2, -0.15) is 9.40 Å². The molecule has 1 aromatic heterocycles. The molecule has 0 N–H and O–H groups in total. The average Bonchev–Trinajstić information content (AvgIpc) is 3.55. The van der Waals surface area contributed by atoms with Crippen LogP contribution in [0, 0.1) is 5.92 Å². The van der Waals surface area contributed by atoms with E-state index in [9.17, 15) is 13.2 Å². The first-order valence-corrected chi connectivity index (χ1v) is 17.9. The molecule has 1 atom stereocenters. The van der Waals surface area contributed by atoms with Crippen molar-refractivity contribution < 1.29 is 13.2 Å². The summed E-state index contributed by atoms with van der Waals surface area (Å²) < 4.78 is 31.1. The zero-order chi connectivity index (χ0) is 31.0. The van der Waals surface area contributed by atoms with E-state index >= 15 is 0 Å². The van der Waals surface area contributed by atoms with E-state index in [1.807, 2.05) is 62.5 Å². The molecule has 1 unspecified atom stereocenters. The maximum atomic E-state index is 13.6. The first-order chi connectivity index (χ1) is 20.7. The molecule has 230 valence electrons. The van der Waals surface area contributed by atoms with E-state index in [0.29, 0.717) is 46.0 Å². The minimum atomic E-state index is -3.68. The number of thiocarbonyl (C=S) groups is 1. The van der Waals surface area contributed by atoms with Crippen molar-refractivity contribution in [3.05, 3.63) is 71.3 Å². The van der Waals surface area contributed by atoms with E-state index in [0.717, 1.165) is 49.8 Å². The lowest BCUT2D eigenvalue weighted by atomic mass is 9.99. The van der Waals surface area contributed by atoms with E-state index < -0.39 is 10.0 Å². The van der Waals surface area contributed by atoms with Gasteiger partial charge in [0.2, 0.25) is 10.0 Å². The molecule has 2 heterocycles. The number of nitrogens with zero attached hydrogens (tertiary/aromatic N) is 4. The van der Waals surface area contributed by atoms with Gasteiger partial charge in [0.1, 0.15) is 10.0 Å². The van der Waals surface area contributed by atoms with Crippen LogP contribution in [0.2, 0.25) is 0 Å². The lowest BCUT2D eigenvalue weighted by molar-refractivity contribution is -0.122. The first-order valence-electron chi connectivity index (χ1n) is 15.2. The minimum Gasteiger partial charge on any atom is -0.293 e. The minimum absolute atomic E-state index is 0.0885. The molecule has 1 saturated heterocycles. The van der Waals surface area contributed by atoms with Gasteiger partial charge >= 0.3 is 0 Å². The van der Waals surface area contributed by atoms with Crippen LogP contribution in [0.1, 0.15) is 71.8 Å². The number of aromatic nitrogens is 2. The van der Waals surface area contributed by atoms with Gasteiger partial charge in [0.25, 0.3) is 5.91 Å². The fourth-order valence-electron chi connectivity index (χ4n) is 5.21. The lowest BCUT2D eigenvalue weighted by Gasteiger charge is -2.21. The molecule has 4 rings (SSSR count). The second-order valence-electron chi connectivity index (χ2n) is 10.9. The molecule has 0 saturated carbocycles. The zero-order valence-electron chi connectivity index (χ0n) is 25.5. The van der Waals surface area contributed by atoms with Crippen LogP contribution < -0.4 is 0 Å². The molecule has 7 nitrogen and oxygen atoms in total. The van der Waals surface area contributed by atoms with Crippen LogP contribution in [0.4, 0.5) is 0 Å². The van der Waals surface area contributed by atoms with Crippen molar-refractivity contribution in [2.45, 2.75) is 71.1 Å². The van der Waals surface area contributed by atoms with E-state index in [1.54, 1.807) is 32.1 Å². The predicted octanol–water partition coefficient (Wildman–Crippen LogP) is 7.77. The summed E-state index contributed by atoms with van der Waals surface area (Å²) in [6, 6.07) is 16.7. The monoisotopic (exact) mass is 638 g/mol. The molecule has 43 heavy (non-hydrogen) atoms. The summed E-state index contributed by atoms with van der Waals surface area (Å²) in [5, 5.41) is 4.89.